The lowest BCUT2D eigenvalue weighted by molar-refractivity contribution is -0.127. The van der Waals surface area contributed by atoms with E-state index in [0.29, 0.717) is 6.54 Å². The van der Waals surface area contributed by atoms with Crippen molar-refractivity contribution in [3.8, 4) is 0 Å². The predicted molar refractivity (Wildman–Crippen MR) is 134 cm³/mol. The Morgan fingerprint density at radius 2 is 2.03 bits per heavy atom. The topological polar surface area (TPSA) is 112 Å². The summed E-state index contributed by atoms with van der Waals surface area (Å²) in [7, 11) is 1.92. The number of carbonyl (C=O) groups excluding carboxylic acids is 1. The van der Waals surface area contributed by atoms with Crippen molar-refractivity contribution in [2.24, 2.45) is 0 Å². The van der Waals surface area contributed by atoms with Crippen LogP contribution in [-0.2, 0) is 22.5 Å². The van der Waals surface area contributed by atoms with Crippen molar-refractivity contribution >= 4 is 23.5 Å². The van der Waals surface area contributed by atoms with Gasteiger partial charge in [0, 0.05) is 90.4 Å². The van der Waals surface area contributed by atoms with Gasteiger partial charge in [-0.25, -0.2) is 15.0 Å². The zero-order valence-electron chi connectivity index (χ0n) is 20.7. The summed E-state index contributed by atoms with van der Waals surface area (Å²) in [6.07, 6.45) is 3.64. The van der Waals surface area contributed by atoms with E-state index in [-0.39, 0.29) is 11.8 Å². The molecule has 2 fully saturated rings. The van der Waals surface area contributed by atoms with Crippen LogP contribution in [0.3, 0.4) is 0 Å². The molecule has 5 rings (SSSR count). The first-order chi connectivity index (χ1) is 17.1. The number of hydrogen-bond acceptors (Lipinski definition) is 10. The van der Waals surface area contributed by atoms with E-state index in [1.165, 1.54) is 5.56 Å². The zero-order valence-corrected chi connectivity index (χ0v) is 20.7. The van der Waals surface area contributed by atoms with Crippen molar-refractivity contribution in [1.82, 2.24) is 29.7 Å². The predicted octanol–water partition coefficient (Wildman–Crippen LogP) is 0.951. The number of ether oxygens (including phenoxy) is 1. The van der Waals surface area contributed by atoms with Gasteiger partial charge in [-0.2, -0.15) is 4.98 Å². The van der Waals surface area contributed by atoms with Crippen molar-refractivity contribution < 1.29 is 9.53 Å². The molecule has 1 unspecified atom stereocenters. The maximum atomic E-state index is 11.7. The number of hydrogen-bond donors (Lipinski definition) is 2. The van der Waals surface area contributed by atoms with Crippen molar-refractivity contribution in [2.45, 2.75) is 32.2 Å². The average Bonchev–Trinajstić information content (AvgIpc) is 3.40. The van der Waals surface area contributed by atoms with Crippen molar-refractivity contribution in [2.75, 3.05) is 81.6 Å². The first-order valence-corrected chi connectivity index (χ1v) is 12.6. The molecule has 0 spiro atoms. The maximum absolute atomic E-state index is 11.7. The standard InChI is InChI=1S/C24H35N9O2/c1-17(34)33-9-4-18(15-33)22-28-20-5-8-31(16-19(20)23(25-2)30-22)10-7-26-21-3-6-27-24(29-21)32-11-13-35-14-12-32/h3,6,18H,4-5,7-16H2,1-2H3,(H,25,28,30)(H,26,27,29). The molecule has 0 saturated carbocycles. The number of carbonyl (C=O) groups is 1. The van der Waals surface area contributed by atoms with Gasteiger partial charge in [0.1, 0.15) is 17.5 Å². The third-order valence-corrected chi connectivity index (χ3v) is 7.06. The molecule has 3 aliphatic rings. The van der Waals surface area contributed by atoms with Crippen LogP contribution in [0.15, 0.2) is 12.3 Å². The summed E-state index contributed by atoms with van der Waals surface area (Å²) in [5, 5.41) is 6.74. The van der Waals surface area contributed by atoms with Crippen LogP contribution in [0.25, 0.3) is 0 Å². The number of likely N-dealkylation sites (tertiary alicyclic amines) is 1. The van der Waals surface area contributed by atoms with Gasteiger partial charge in [0.2, 0.25) is 11.9 Å². The van der Waals surface area contributed by atoms with Gasteiger partial charge in [0.25, 0.3) is 0 Å². The molecule has 11 heteroatoms. The second-order valence-corrected chi connectivity index (χ2v) is 9.35. The Morgan fingerprint density at radius 3 is 2.80 bits per heavy atom. The fourth-order valence-electron chi connectivity index (χ4n) is 5.03. The molecule has 3 aliphatic heterocycles. The summed E-state index contributed by atoms with van der Waals surface area (Å²) >= 11 is 0. The number of amides is 1. The first-order valence-electron chi connectivity index (χ1n) is 12.6. The fraction of sp³-hybridized carbons (Fsp3) is 0.625. The minimum Gasteiger partial charge on any atom is -0.378 e. The SMILES string of the molecule is CNc1nc(C2CCN(C(C)=O)C2)nc2c1CN(CCNc1ccnc(N3CCOCC3)n1)CC2. The molecule has 1 atom stereocenters. The van der Waals surface area contributed by atoms with Crippen LogP contribution < -0.4 is 15.5 Å². The molecule has 2 saturated heterocycles. The number of fused-ring (bicyclic) bond motifs is 1. The Kier molecular flexibility index (Phi) is 7.24. The van der Waals surface area contributed by atoms with Gasteiger partial charge in [-0.1, -0.05) is 0 Å². The molecule has 0 aliphatic carbocycles. The van der Waals surface area contributed by atoms with Gasteiger partial charge in [-0.05, 0) is 12.5 Å². The molecule has 0 aromatic carbocycles. The Morgan fingerprint density at radius 1 is 1.17 bits per heavy atom. The van der Waals surface area contributed by atoms with Gasteiger partial charge in [-0.3, -0.25) is 9.69 Å². The molecule has 35 heavy (non-hydrogen) atoms. The summed E-state index contributed by atoms with van der Waals surface area (Å²) in [6, 6.07) is 1.92. The third-order valence-electron chi connectivity index (χ3n) is 7.06. The summed E-state index contributed by atoms with van der Waals surface area (Å²) in [6.45, 7) is 9.69. The van der Waals surface area contributed by atoms with Crippen LogP contribution in [0.2, 0.25) is 0 Å². The van der Waals surface area contributed by atoms with E-state index < -0.39 is 0 Å². The van der Waals surface area contributed by atoms with Crippen LogP contribution in [0.1, 0.15) is 36.3 Å². The Labute approximate surface area is 206 Å². The van der Waals surface area contributed by atoms with E-state index >= 15 is 0 Å². The summed E-state index contributed by atoms with van der Waals surface area (Å²) < 4.78 is 5.42. The summed E-state index contributed by atoms with van der Waals surface area (Å²) in [4.78, 5) is 37.1. The lowest BCUT2D eigenvalue weighted by atomic mass is 10.0. The Balaban J connectivity index is 1.18. The second-order valence-electron chi connectivity index (χ2n) is 9.35. The quantitative estimate of drug-likeness (QED) is 0.593. The number of nitrogens with zero attached hydrogens (tertiary/aromatic N) is 7. The average molecular weight is 482 g/mol. The molecule has 11 nitrogen and oxygen atoms in total. The van der Waals surface area contributed by atoms with E-state index in [2.05, 4.69) is 30.4 Å². The van der Waals surface area contributed by atoms with Gasteiger partial charge < -0.3 is 25.2 Å². The Bertz CT molecular complexity index is 1030. The second kappa shape index (κ2) is 10.7. The lowest BCUT2D eigenvalue weighted by Crippen LogP contribution is -2.37. The highest BCUT2D eigenvalue weighted by Crippen LogP contribution is 2.30. The maximum Gasteiger partial charge on any atom is 0.227 e. The molecular formula is C24H35N9O2. The van der Waals surface area contributed by atoms with Crippen LogP contribution in [0, 0.1) is 0 Å². The highest BCUT2D eigenvalue weighted by molar-refractivity contribution is 5.73. The monoisotopic (exact) mass is 481 g/mol. The zero-order chi connectivity index (χ0) is 24.2. The van der Waals surface area contributed by atoms with Crippen molar-refractivity contribution in [3.63, 3.8) is 0 Å². The van der Waals surface area contributed by atoms with Crippen LogP contribution in [-0.4, -0.2) is 102 Å². The lowest BCUT2D eigenvalue weighted by Gasteiger charge is -2.30. The van der Waals surface area contributed by atoms with Gasteiger partial charge in [0.15, 0.2) is 0 Å². The molecule has 188 valence electrons. The van der Waals surface area contributed by atoms with E-state index in [0.717, 1.165) is 101 Å². The molecule has 0 radical (unpaired) electrons. The first kappa shape index (κ1) is 23.7. The molecule has 2 aromatic rings. The van der Waals surface area contributed by atoms with E-state index in [1.54, 1.807) is 6.92 Å². The third kappa shape index (κ3) is 5.46. The van der Waals surface area contributed by atoms with Crippen LogP contribution in [0.4, 0.5) is 17.6 Å². The summed E-state index contributed by atoms with van der Waals surface area (Å²) in [5.41, 5.74) is 2.32. The smallest absolute Gasteiger partial charge is 0.227 e. The highest BCUT2D eigenvalue weighted by Gasteiger charge is 2.30. The largest absolute Gasteiger partial charge is 0.378 e. The minimum absolute atomic E-state index is 0.128. The van der Waals surface area contributed by atoms with Crippen LogP contribution >= 0.6 is 0 Å². The molecular weight excluding hydrogens is 446 g/mol. The van der Waals surface area contributed by atoms with E-state index in [9.17, 15) is 4.79 Å². The highest BCUT2D eigenvalue weighted by atomic mass is 16.5. The number of rotatable bonds is 7. The van der Waals surface area contributed by atoms with E-state index in [4.69, 9.17) is 14.7 Å². The number of aromatic nitrogens is 4. The fourth-order valence-corrected chi connectivity index (χ4v) is 5.03. The summed E-state index contributed by atoms with van der Waals surface area (Å²) in [5.74, 6) is 3.72. The molecule has 5 heterocycles. The number of nitrogens with one attached hydrogen (secondary N) is 2. The number of anilines is 3. The van der Waals surface area contributed by atoms with Crippen molar-refractivity contribution in [3.05, 3.63) is 29.3 Å². The van der Waals surface area contributed by atoms with Gasteiger partial charge in [0.05, 0.1) is 18.9 Å². The molecule has 2 N–H and O–H groups in total. The van der Waals surface area contributed by atoms with Crippen molar-refractivity contribution in [1.29, 1.82) is 0 Å². The van der Waals surface area contributed by atoms with Crippen LogP contribution in [0.5, 0.6) is 0 Å². The molecule has 1 amide bonds. The van der Waals surface area contributed by atoms with Gasteiger partial charge >= 0.3 is 0 Å². The molecule has 2 aromatic heterocycles. The normalized spacial score (nSPS) is 20.6. The van der Waals surface area contributed by atoms with E-state index in [1.807, 2.05) is 24.2 Å². The number of morpholine rings is 1. The molecule has 0 bridgehead atoms. The van der Waals surface area contributed by atoms with Gasteiger partial charge in [-0.15, -0.1) is 0 Å². The Hall–Kier alpha value is -3.05. The minimum atomic E-state index is 0.128.